The summed E-state index contributed by atoms with van der Waals surface area (Å²) in [6.45, 7) is 0. The van der Waals surface area contributed by atoms with E-state index in [1.54, 1.807) is 12.1 Å². The Bertz CT molecular complexity index is 519. The number of benzene rings is 2. The van der Waals surface area contributed by atoms with Crippen molar-refractivity contribution in [1.82, 2.24) is 0 Å². The molecule has 2 aromatic rings. The van der Waals surface area contributed by atoms with Crippen molar-refractivity contribution in [2.75, 3.05) is 11.5 Å². The third-order valence-electron chi connectivity index (χ3n) is 2.91. The third kappa shape index (κ3) is 6.30. The predicted molar refractivity (Wildman–Crippen MR) is 97.7 cm³/mol. The van der Waals surface area contributed by atoms with Gasteiger partial charge >= 0.3 is 0 Å². The van der Waals surface area contributed by atoms with Gasteiger partial charge in [-0.3, -0.25) is 0 Å². The third-order valence-corrected chi connectivity index (χ3v) is 4.77. The van der Waals surface area contributed by atoms with Crippen LogP contribution in [0.15, 0.2) is 36.4 Å². The first-order valence-electron chi connectivity index (χ1n) is 6.50. The van der Waals surface area contributed by atoms with Crippen molar-refractivity contribution in [3.63, 3.8) is 0 Å². The summed E-state index contributed by atoms with van der Waals surface area (Å²) in [5.74, 6) is 2.07. The SMILES string of the molecule is Clc1cc(Cl)cc(CCSCCc2cc(Cl)cc(Cl)c2)c1. The molecule has 0 amide bonds. The first kappa shape index (κ1) is 17.3. The summed E-state index contributed by atoms with van der Waals surface area (Å²) < 4.78 is 0. The van der Waals surface area contributed by atoms with Crippen LogP contribution in [-0.4, -0.2) is 11.5 Å². The lowest BCUT2D eigenvalue weighted by Crippen LogP contribution is -1.93. The molecular weight excluding hydrogens is 366 g/mol. The van der Waals surface area contributed by atoms with Crippen molar-refractivity contribution in [3.8, 4) is 0 Å². The van der Waals surface area contributed by atoms with Crippen LogP contribution in [0, 0.1) is 0 Å². The molecule has 0 saturated heterocycles. The number of hydrogen-bond acceptors (Lipinski definition) is 1. The standard InChI is InChI=1S/C16H14Cl4S/c17-13-5-11(6-14(18)9-13)1-3-21-4-2-12-7-15(19)10-16(20)8-12/h5-10H,1-4H2. The lowest BCUT2D eigenvalue weighted by molar-refractivity contribution is 1.13. The van der Waals surface area contributed by atoms with Gasteiger partial charge in [0.15, 0.2) is 0 Å². The van der Waals surface area contributed by atoms with Gasteiger partial charge in [0.05, 0.1) is 0 Å². The molecule has 0 saturated carbocycles. The van der Waals surface area contributed by atoms with Gasteiger partial charge in [0, 0.05) is 20.1 Å². The topological polar surface area (TPSA) is 0 Å². The molecule has 0 bridgehead atoms. The molecule has 0 unspecified atom stereocenters. The van der Waals surface area contributed by atoms with Crippen LogP contribution in [0.1, 0.15) is 11.1 Å². The monoisotopic (exact) mass is 378 g/mol. The van der Waals surface area contributed by atoms with Gasteiger partial charge in [0.1, 0.15) is 0 Å². The van der Waals surface area contributed by atoms with E-state index in [0.29, 0.717) is 20.1 Å². The zero-order chi connectivity index (χ0) is 15.2. The maximum atomic E-state index is 5.98. The smallest absolute Gasteiger partial charge is 0.0423 e. The Balaban J connectivity index is 1.74. The van der Waals surface area contributed by atoms with E-state index in [4.69, 9.17) is 46.4 Å². The number of aryl methyl sites for hydroxylation is 2. The summed E-state index contributed by atoms with van der Waals surface area (Å²) in [4.78, 5) is 0. The minimum absolute atomic E-state index is 0.691. The van der Waals surface area contributed by atoms with E-state index < -0.39 is 0 Å². The lowest BCUT2D eigenvalue weighted by atomic mass is 10.2. The molecule has 2 aromatic carbocycles. The quantitative estimate of drug-likeness (QED) is 0.496. The first-order valence-corrected chi connectivity index (χ1v) is 9.17. The first-order chi connectivity index (χ1) is 10.0. The molecule has 21 heavy (non-hydrogen) atoms. The van der Waals surface area contributed by atoms with E-state index in [2.05, 4.69) is 0 Å². The normalized spacial score (nSPS) is 10.9. The van der Waals surface area contributed by atoms with Crippen molar-refractivity contribution < 1.29 is 0 Å². The van der Waals surface area contributed by atoms with Crippen molar-refractivity contribution in [2.24, 2.45) is 0 Å². The summed E-state index contributed by atoms with van der Waals surface area (Å²) in [5.41, 5.74) is 2.34. The second-order valence-electron chi connectivity index (χ2n) is 4.67. The molecular formula is C16H14Cl4S. The Hall–Kier alpha value is -0.0500. The highest BCUT2D eigenvalue weighted by atomic mass is 35.5. The second kappa shape index (κ2) is 8.55. The Morgan fingerprint density at radius 3 is 1.24 bits per heavy atom. The molecule has 0 nitrogen and oxygen atoms in total. The fourth-order valence-corrected chi connectivity index (χ4v) is 4.10. The lowest BCUT2D eigenvalue weighted by Gasteiger charge is -2.05. The zero-order valence-electron chi connectivity index (χ0n) is 11.2. The molecule has 0 atom stereocenters. The van der Waals surface area contributed by atoms with Gasteiger partial charge in [0.2, 0.25) is 0 Å². The minimum atomic E-state index is 0.691. The van der Waals surface area contributed by atoms with Crippen LogP contribution in [0.2, 0.25) is 20.1 Å². The summed E-state index contributed by atoms with van der Waals surface area (Å²) in [6.07, 6.45) is 1.92. The zero-order valence-corrected chi connectivity index (χ0v) is 15.1. The average molecular weight is 380 g/mol. The molecule has 5 heteroatoms. The maximum Gasteiger partial charge on any atom is 0.0423 e. The summed E-state index contributed by atoms with van der Waals surface area (Å²) in [7, 11) is 0. The van der Waals surface area contributed by atoms with Gasteiger partial charge in [-0.25, -0.2) is 0 Å². The van der Waals surface area contributed by atoms with E-state index in [-0.39, 0.29) is 0 Å². The van der Waals surface area contributed by atoms with Crippen molar-refractivity contribution in [3.05, 3.63) is 67.6 Å². The van der Waals surface area contributed by atoms with Crippen LogP contribution in [0.4, 0.5) is 0 Å². The summed E-state index contributed by atoms with van der Waals surface area (Å²) >= 11 is 25.8. The Labute approximate surface area is 149 Å². The summed E-state index contributed by atoms with van der Waals surface area (Å²) in [5, 5.41) is 2.76. The van der Waals surface area contributed by atoms with E-state index >= 15 is 0 Å². The van der Waals surface area contributed by atoms with E-state index in [1.807, 2.05) is 36.0 Å². The number of thioether (sulfide) groups is 1. The molecule has 112 valence electrons. The molecule has 0 N–H and O–H groups in total. The van der Waals surface area contributed by atoms with Gasteiger partial charge in [0.25, 0.3) is 0 Å². The van der Waals surface area contributed by atoms with E-state index in [0.717, 1.165) is 24.3 Å². The highest BCUT2D eigenvalue weighted by Crippen LogP contribution is 2.22. The molecule has 0 spiro atoms. The van der Waals surface area contributed by atoms with Crippen LogP contribution in [-0.2, 0) is 12.8 Å². The predicted octanol–water partition coefficient (Wildman–Crippen LogP) is 6.82. The van der Waals surface area contributed by atoms with E-state index in [1.165, 1.54) is 11.1 Å². The van der Waals surface area contributed by atoms with Gasteiger partial charge in [-0.2, -0.15) is 11.8 Å². The van der Waals surface area contributed by atoms with Crippen LogP contribution < -0.4 is 0 Å². The number of rotatable bonds is 6. The Kier molecular flexibility index (Phi) is 7.04. The molecule has 0 fully saturated rings. The molecule has 0 aliphatic rings. The molecule has 0 radical (unpaired) electrons. The highest BCUT2D eigenvalue weighted by Gasteiger charge is 2.01. The molecule has 0 heterocycles. The van der Waals surface area contributed by atoms with Gasteiger partial charge in [-0.1, -0.05) is 46.4 Å². The van der Waals surface area contributed by atoms with Gasteiger partial charge in [-0.05, 0) is 71.9 Å². The van der Waals surface area contributed by atoms with Crippen LogP contribution in [0.3, 0.4) is 0 Å². The van der Waals surface area contributed by atoms with Crippen LogP contribution in [0.5, 0.6) is 0 Å². The minimum Gasteiger partial charge on any atom is -0.161 e. The Morgan fingerprint density at radius 1 is 0.571 bits per heavy atom. The van der Waals surface area contributed by atoms with Gasteiger partial charge < -0.3 is 0 Å². The molecule has 2 rings (SSSR count). The van der Waals surface area contributed by atoms with Crippen molar-refractivity contribution in [1.29, 1.82) is 0 Å². The number of halogens is 4. The molecule has 0 aliphatic heterocycles. The fourth-order valence-electron chi connectivity index (χ4n) is 1.99. The van der Waals surface area contributed by atoms with Crippen LogP contribution in [0.25, 0.3) is 0 Å². The maximum absolute atomic E-state index is 5.98. The van der Waals surface area contributed by atoms with Crippen LogP contribution >= 0.6 is 58.2 Å². The molecule has 0 aliphatic carbocycles. The van der Waals surface area contributed by atoms with Crippen molar-refractivity contribution in [2.45, 2.75) is 12.8 Å². The number of hydrogen-bond donors (Lipinski definition) is 0. The largest absolute Gasteiger partial charge is 0.161 e. The average Bonchev–Trinajstić information content (AvgIpc) is 2.36. The van der Waals surface area contributed by atoms with Gasteiger partial charge in [-0.15, -0.1) is 0 Å². The van der Waals surface area contributed by atoms with Crippen molar-refractivity contribution >= 4 is 58.2 Å². The summed E-state index contributed by atoms with van der Waals surface area (Å²) in [6, 6.07) is 11.4. The highest BCUT2D eigenvalue weighted by molar-refractivity contribution is 7.99. The Morgan fingerprint density at radius 2 is 0.905 bits per heavy atom. The fraction of sp³-hybridized carbons (Fsp3) is 0.250. The molecule has 0 aromatic heterocycles. The second-order valence-corrected chi connectivity index (χ2v) is 7.64. The van der Waals surface area contributed by atoms with E-state index in [9.17, 15) is 0 Å².